The van der Waals surface area contributed by atoms with Crippen molar-refractivity contribution in [2.45, 2.75) is 26.4 Å². The largest absolute Gasteiger partial charge is 0.324 e. The van der Waals surface area contributed by atoms with Crippen LogP contribution in [0.4, 0.5) is 10.5 Å². The lowest BCUT2D eigenvalue weighted by molar-refractivity contribution is 0.248. The molecule has 22 heavy (non-hydrogen) atoms. The van der Waals surface area contributed by atoms with Crippen molar-refractivity contribution < 1.29 is 4.79 Å². The minimum absolute atomic E-state index is 0.177. The summed E-state index contributed by atoms with van der Waals surface area (Å²) in [6, 6.07) is 9.38. The zero-order chi connectivity index (χ0) is 15.9. The Balaban J connectivity index is 1.92. The highest BCUT2D eigenvalue weighted by Gasteiger charge is 2.13. The molecule has 2 rings (SSSR count). The van der Waals surface area contributed by atoms with Crippen LogP contribution < -0.4 is 10.6 Å². The highest BCUT2D eigenvalue weighted by molar-refractivity contribution is 5.89. The summed E-state index contributed by atoms with van der Waals surface area (Å²) in [6.45, 7) is 4.58. The van der Waals surface area contributed by atoms with Gasteiger partial charge in [0.05, 0.1) is 24.5 Å². The Morgan fingerprint density at radius 1 is 1.36 bits per heavy atom. The van der Waals surface area contributed by atoms with E-state index in [2.05, 4.69) is 21.7 Å². The summed E-state index contributed by atoms with van der Waals surface area (Å²) in [5, 5.41) is 9.72. The van der Waals surface area contributed by atoms with Gasteiger partial charge in [0.15, 0.2) is 0 Å². The van der Waals surface area contributed by atoms with Gasteiger partial charge in [-0.25, -0.2) is 4.79 Å². The first-order valence-corrected chi connectivity index (χ1v) is 7.18. The lowest BCUT2D eigenvalue weighted by atomic mass is 10.1. The second kappa shape index (κ2) is 7.32. The number of hydrogen-bond donors (Lipinski definition) is 2. The van der Waals surface area contributed by atoms with Crippen LogP contribution in [0.15, 0.2) is 42.7 Å². The smallest absolute Gasteiger partial charge is 0.320 e. The zero-order valence-corrected chi connectivity index (χ0v) is 12.8. The van der Waals surface area contributed by atoms with Crippen LogP contribution in [0.3, 0.4) is 0 Å². The van der Waals surface area contributed by atoms with Gasteiger partial charge in [0.25, 0.3) is 0 Å². The van der Waals surface area contributed by atoms with Crippen molar-refractivity contribution in [3.63, 3.8) is 0 Å². The van der Waals surface area contributed by atoms with E-state index in [0.717, 1.165) is 5.56 Å². The predicted octanol–water partition coefficient (Wildman–Crippen LogP) is 2.71. The van der Waals surface area contributed by atoms with Gasteiger partial charge in [-0.1, -0.05) is 50.1 Å². The second-order valence-electron chi connectivity index (χ2n) is 5.40. The molecule has 0 aliphatic heterocycles. The minimum atomic E-state index is -0.323. The van der Waals surface area contributed by atoms with E-state index in [4.69, 9.17) is 6.42 Å². The van der Waals surface area contributed by atoms with Gasteiger partial charge < -0.3 is 10.6 Å². The SMILES string of the molecule is C#C[C@H](NC(=O)Nc1cnn(Cc2ccccc2)c1)C(C)C. The molecule has 5 nitrogen and oxygen atoms in total. The molecule has 0 saturated heterocycles. The van der Waals surface area contributed by atoms with Gasteiger partial charge >= 0.3 is 6.03 Å². The molecule has 0 unspecified atom stereocenters. The van der Waals surface area contributed by atoms with E-state index >= 15 is 0 Å². The number of benzene rings is 1. The van der Waals surface area contributed by atoms with Crippen molar-refractivity contribution in [3.8, 4) is 12.3 Å². The Kier molecular flexibility index (Phi) is 5.21. The quantitative estimate of drug-likeness (QED) is 0.833. The summed E-state index contributed by atoms with van der Waals surface area (Å²) in [4.78, 5) is 11.9. The fourth-order valence-electron chi connectivity index (χ4n) is 1.99. The van der Waals surface area contributed by atoms with E-state index in [1.807, 2.05) is 44.2 Å². The fraction of sp³-hybridized carbons (Fsp3) is 0.294. The fourth-order valence-corrected chi connectivity index (χ4v) is 1.99. The predicted molar refractivity (Wildman–Crippen MR) is 87.4 cm³/mol. The first-order chi connectivity index (χ1) is 10.6. The highest BCUT2D eigenvalue weighted by Crippen LogP contribution is 2.08. The Hall–Kier alpha value is -2.74. The maximum atomic E-state index is 11.9. The Morgan fingerprint density at radius 3 is 2.73 bits per heavy atom. The number of amides is 2. The monoisotopic (exact) mass is 296 g/mol. The van der Waals surface area contributed by atoms with Gasteiger partial charge in [-0.3, -0.25) is 4.68 Å². The van der Waals surface area contributed by atoms with Crippen molar-refractivity contribution in [3.05, 3.63) is 48.3 Å². The normalized spacial score (nSPS) is 11.7. The summed E-state index contributed by atoms with van der Waals surface area (Å²) in [7, 11) is 0. The Labute approximate surface area is 130 Å². The van der Waals surface area contributed by atoms with Gasteiger partial charge in [0.1, 0.15) is 0 Å². The maximum absolute atomic E-state index is 11.9. The molecule has 5 heteroatoms. The first kappa shape index (κ1) is 15.6. The highest BCUT2D eigenvalue weighted by atomic mass is 16.2. The molecule has 1 heterocycles. The van der Waals surface area contributed by atoms with E-state index in [1.165, 1.54) is 0 Å². The van der Waals surface area contributed by atoms with Gasteiger partial charge in [0, 0.05) is 6.20 Å². The van der Waals surface area contributed by atoms with Crippen molar-refractivity contribution in [1.82, 2.24) is 15.1 Å². The molecule has 1 aromatic heterocycles. The molecule has 0 saturated carbocycles. The average molecular weight is 296 g/mol. The summed E-state index contributed by atoms with van der Waals surface area (Å²) in [6.07, 6.45) is 8.79. The molecule has 2 aromatic rings. The van der Waals surface area contributed by atoms with Crippen LogP contribution in [0.2, 0.25) is 0 Å². The minimum Gasteiger partial charge on any atom is -0.324 e. The second-order valence-corrected chi connectivity index (χ2v) is 5.40. The lowest BCUT2D eigenvalue weighted by Gasteiger charge is -2.16. The first-order valence-electron chi connectivity index (χ1n) is 7.18. The maximum Gasteiger partial charge on any atom is 0.320 e. The number of hydrogen-bond acceptors (Lipinski definition) is 2. The van der Waals surface area contributed by atoms with Crippen LogP contribution in [-0.2, 0) is 6.54 Å². The van der Waals surface area contributed by atoms with E-state index in [-0.39, 0.29) is 18.0 Å². The number of carbonyl (C=O) groups excluding carboxylic acids is 1. The molecule has 0 bridgehead atoms. The number of rotatable bonds is 5. The number of terminal acetylenes is 1. The molecule has 1 aromatic carbocycles. The number of aromatic nitrogens is 2. The molecule has 0 fully saturated rings. The van der Waals surface area contributed by atoms with E-state index in [0.29, 0.717) is 12.2 Å². The summed E-state index contributed by atoms with van der Waals surface area (Å²) in [5.41, 5.74) is 1.78. The Bertz CT molecular complexity index is 655. The van der Waals surface area contributed by atoms with Gasteiger partial charge in [0.2, 0.25) is 0 Å². The van der Waals surface area contributed by atoms with Crippen LogP contribution in [0.25, 0.3) is 0 Å². The number of urea groups is 1. The molecule has 114 valence electrons. The third-order valence-corrected chi connectivity index (χ3v) is 3.21. The van der Waals surface area contributed by atoms with Crippen LogP contribution >= 0.6 is 0 Å². The molecule has 0 spiro atoms. The molecule has 1 atom stereocenters. The van der Waals surface area contributed by atoms with Gasteiger partial charge in [-0.2, -0.15) is 5.10 Å². The average Bonchev–Trinajstić information content (AvgIpc) is 2.92. The molecular formula is C17H20N4O. The summed E-state index contributed by atoms with van der Waals surface area (Å²) < 4.78 is 1.77. The van der Waals surface area contributed by atoms with Crippen LogP contribution in [0.5, 0.6) is 0 Å². The topological polar surface area (TPSA) is 59.0 Å². The van der Waals surface area contributed by atoms with Crippen molar-refractivity contribution in [2.75, 3.05) is 5.32 Å². The number of anilines is 1. The standard InChI is InChI=1S/C17H20N4O/c1-4-16(13(2)3)20-17(22)19-15-10-18-21(12-15)11-14-8-6-5-7-9-14/h1,5-10,12-13,16H,11H2,2-3H3,(H2,19,20,22)/t16-/m0/s1. The van der Waals surface area contributed by atoms with Crippen LogP contribution in [0.1, 0.15) is 19.4 Å². The van der Waals surface area contributed by atoms with Crippen molar-refractivity contribution in [1.29, 1.82) is 0 Å². The number of nitrogens with one attached hydrogen (secondary N) is 2. The van der Waals surface area contributed by atoms with Crippen molar-refractivity contribution >= 4 is 11.7 Å². The van der Waals surface area contributed by atoms with Crippen LogP contribution in [-0.4, -0.2) is 21.9 Å². The van der Waals surface area contributed by atoms with E-state index in [9.17, 15) is 4.79 Å². The number of carbonyl (C=O) groups is 1. The van der Waals surface area contributed by atoms with E-state index < -0.39 is 0 Å². The molecule has 0 radical (unpaired) electrons. The molecule has 0 aliphatic rings. The lowest BCUT2D eigenvalue weighted by Crippen LogP contribution is -2.40. The zero-order valence-electron chi connectivity index (χ0n) is 12.8. The summed E-state index contributed by atoms with van der Waals surface area (Å²) >= 11 is 0. The Morgan fingerprint density at radius 2 is 2.09 bits per heavy atom. The van der Waals surface area contributed by atoms with E-state index in [1.54, 1.807) is 17.1 Å². The molecular weight excluding hydrogens is 276 g/mol. The number of nitrogens with zero attached hydrogens (tertiary/aromatic N) is 2. The van der Waals surface area contributed by atoms with Gasteiger partial charge in [-0.05, 0) is 11.5 Å². The molecule has 0 aliphatic carbocycles. The summed E-state index contributed by atoms with van der Waals surface area (Å²) in [5.74, 6) is 2.74. The van der Waals surface area contributed by atoms with Crippen molar-refractivity contribution in [2.24, 2.45) is 5.92 Å². The third kappa shape index (κ3) is 4.38. The molecule has 2 amide bonds. The van der Waals surface area contributed by atoms with Gasteiger partial charge in [-0.15, -0.1) is 6.42 Å². The molecule has 2 N–H and O–H groups in total. The third-order valence-electron chi connectivity index (χ3n) is 3.21. The van der Waals surface area contributed by atoms with Crippen LogP contribution in [0, 0.1) is 18.3 Å².